The van der Waals surface area contributed by atoms with E-state index in [2.05, 4.69) is 9.55 Å². The number of fused-ring (bicyclic) bond motifs is 1. The lowest BCUT2D eigenvalue weighted by atomic mass is 10.0. The number of pyridine rings is 1. The van der Waals surface area contributed by atoms with E-state index >= 15 is 0 Å². The van der Waals surface area contributed by atoms with Crippen molar-refractivity contribution in [2.45, 2.75) is 6.92 Å². The van der Waals surface area contributed by atoms with Crippen molar-refractivity contribution in [1.82, 2.24) is 9.55 Å². The van der Waals surface area contributed by atoms with Gasteiger partial charge in [-0.1, -0.05) is 6.07 Å². The molecule has 106 valence electrons. The monoisotopic (exact) mass is 280 g/mol. The Bertz CT molecular complexity index is 805. The minimum absolute atomic E-state index is 0.339. The van der Waals surface area contributed by atoms with Gasteiger partial charge >= 0.3 is 5.97 Å². The summed E-state index contributed by atoms with van der Waals surface area (Å²) < 4.78 is 7.16. The summed E-state index contributed by atoms with van der Waals surface area (Å²) in [5, 5.41) is 1.12. The Morgan fingerprint density at radius 2 is 2.14 bits per heavy atom. The first-order chi connectivity index (χ1) is 10.2. The molecule has 0 N–H and O–H groups in total. The molecule has 2 heterocycles. The summed E-state index contributed by atoms with van der Waals surface area (Å²) in [7, 11) is 2.01. The van der Waals surface area contributed by atoms with E-state index in [-0.39, 0.29) is 5.97 Å². The summed E-state index contributed by atoms with van der Waals surface area (Å²) in [5.74, 6) is -0.339. The van der Waals surface area contributed by atoms with E-state index in [1.54, 1.807) is 25.3 Å². The van der Waals surface area contributed by atoms with Crippen LogP contribution in [0.3, 0.4) is 0 Å². The highest BCUT2D eigenvalue weighted by Crippen LogP contribution is 2.26. The maximum absolute atomic E-state index is 12.0. The molecule has 4 nitrogen and oxygen atoms in total. The fourth-order valence-corrected chi connectivity index (χ4v) is 2.44. The zero-order valence-electron chi connectivity index (χ0n) is 12.0. The van der Waals surface area contributed by atoms with Gasteiger partial charge in [0.25, 0.3) is 0 Å². The highest BCUT2D eigenvalue weighted by atomic mass is 16.5. The van der Waals surface area contributed by atoms with E-state index in [9.17, 15) is 4.79 Å². The lowest BCUT2D eigenvalue weighted by Gasteiger charge is -2.08. The van der Waals surface area contributed by atoms with Gasteiger partial charge < -0.3 is 9.30 Å². The molecule has 0 aliphatic carbocycles. The van der Waals surface area contributed by atoms with E-state index < -0.39 is 0 Å². The number of benzene rings is 1. The number of aryl methyl sites for hydroxylation is 1. The van der Waals surface area contributed by atoms with Crippen molar-refractivity contribution in [2.24, 2.45) is 7.05 Å². The number of carbonyl (C=O) groups excluding carboxylic acids is 1. The number of aromatic nitrogens is 2. The Kier molecular flexibility index (Phi) is 3.44. The molecule has 0 spiro atoms. The van der Waals surface area contributed by atoms with Crippen molar-refractivity contribution in [1.29, 1.82) is 0 Å². The predicted octanol–water partition coefficient (Wildman–Crippen LogP) is 3.42. The van der Waals surface area contributed by atoms with Crippen LogP contribution in [0.1, 0.15) is 17.3 Å². The summed E-state index contributed by atoms with van der Waals surface area (Å²) in [4.78, 5) is 16.4. The lowest BCUT2D eigenvalue weighted by molar-refractivity contribution is 0.0527. The largest absolute Gasteiger partial charge is 0.462 e. The number of ether oxygens (including phenoxy) is 1. The minimum Gasteiger partial charge on any atom is -0.462 e. The Morgan fingerprint density at radius 3 is 2.95 bits per heavy atom. The molecule has 4 heteroatoms. The van der Waals surface area contributed by atoms with Crippen molar-refractivity contribution < 1.29 is 9.53 Å². The van der Waals surface area contributed by atoms with Crippen LogP contribution in [-0.2, 0) is 11.8 Å². The molecule has 0 saturated carbocycles. The van der Waals surface area contributed by atoms with Gasteiger partial charge in [0.05, 0.1) is 17.9 Å². The van der Waals surface area contributed by atoms with Crippen molar-refractivity contribution >= 4 is 16.9 Å². The molecular weight excluding hydrogens is 264 g/mol. The number of hydrogen-bond acceptors (Lipinski definition) is 3. The maximum Gasteiger partial charge on any atom is 0.340 e. The molecule has 0 amide bonds. The molecule has 0 unspecified atom stereocenters. The van der Waals surface area contributed by atoms with Gasteiger partial charge in [0.2, 0.25) is 0 Å². The van der Waals surface area contributed by atoms with Crippen LogP contribution >= 0.6 is 0 Å². The van der Waals surface area contributed by atoms with Crippen molar-refractivity contribution in [3.8, 4) is 11.3 Å². The van der Waals surface area contributed by atoms with Gasteiger partial charge in [0.1, 0.15) is 0 Å². The summed E-state index contributed by atoms with van der Waals surface area (Å²) >= 11 is 0. The van der Waals surface area contributed by atoms with Gasteiger partial charge in [0.15, 0.2) is 0 Å². The average Bonchev–Trinajstić information content (AvgIpc) is 2.88. The quantitative estimate of drug-likeness (QED) is 0.690. The molecule has 0 radical (unpaired) electrons. The van der Waals surface area contributed by atoms with Gasteiger partial charge in [-0.25, -0.2) is 4.79 Å². The van der Waals surface area contributed by atoms with Crippen molar-refractivity contribution in [3.63, 3.8) is 0 Å². The van der Waals surface area contributed by atoms with Gasteiger partial charge in [0, 0.05) is 35.9 Å². The zero-order chi connectivity index (χ0) is 14.8. The standard InChI is InChI=1S/C17H16N2O2/c1-3-21-17(20)14-5-4-9-18-16(14)13-6-7-15-12(11-13)8-10-19(15)2/h4-11H,3H2,1-2H3. The molecule has 0 saturated heterocycles. The van der Waals surface area contributed by atoms with Crippen LogP contribution in [0.5, 0.6) is 0 Å². The third-order valence-corrected chi connectivity index (χ3v) is 3.46. The summed E-state index contributed by atoms with van der Waals surface area (Å²) in [5.41, 5.74) is 3.21. The first kappa shape index (κ1) is 13.4. The summed E-state index contributed by atoms with van der Waals surface area (Å²) in [6, 6.07) is 11.6. The fourth-order valence-electron chi connectivity index (χ4n) is 2.44. The van der Waals surface area contributed by atoms with E-state index in [1.807, 2.05) is 37.5 Å². The number of nitrogens with zero attached hydrogens (tertiary/aromatic N) is 2. The highest BCUT2D eigenvalue weighted by molar-refractivity contribution is 5.97. The molecule has 2 aromatic heterocycles. The van der Waals surface area contributed by atoms with Gasteiger partial charge in [-0.15, -0.1) is 0 Å². The van der Waals surface area contributed by atoms with E-state index in [1.165, 1.54) is 0 Å². The van der Waals surface area contributed by atoms with Crippen LogP contribution in [-0.4, -0.2) is 22.1 Å². The second kappa shape index (κ2) is 5.40. The Balaban J connectivity index is 2.11. The molecule has 21 heavy (non-hydrogen) atoms. The van der Waals surface area contributed by atoms with Crippen molar-refractivity contribution in [3.05, 3.63) is 54.4 Å². The van der Waals surface area contributed by atoms with Gasteiger partial charge in [-0.05, 0) is 37.3 Å². The third-order valence-electron chi connectivity index (χ3n) is 3.46. The van der Waals surface area contributed by atoms with Gasteiger partial charge in [-0.3, -0.25) is 4.98 Å². The molecule has 3 aromatic rings. The Morgan fingerprint density at radius 1 is 1.29 bits per heavy atom. The third kappa shape index (κ3) is 2.40. The Hall–Kier alpha value is -2.62. The molecule has 0 aliphatic rings. The highest BCUT2D eigenvalue weighted by Gasteiger charge is 2.15. The summed E-state index contributed by atoms with van der Waals surface area (Å²) in [6.07, 6.45) is 3.70. The fraction of sp³-hybridized carbons (Fsp3) is 0.176. The normalized spacial score (nSPS) is 10.8. The molecule has 0 fully saturated rings. The zero-order valence-corrected chi connectivity index (χ0v) is 12.0. The SMILES string of the molecule is CCOC(=O)c1cccnc1-c1ccc2c(ccn2C)c1. The molecule has 1 aromatic carbocycles. The van der Waals surface area contributed by atoms with E-state index in [4.69, 9.17) is 4.74 Å². The predicted molar refractivity (Wildman–Crippen MR) is 82.1 cm³/mol. The number of esters is 1. The lowest BCUT2D eigenvalue weighted by Crippen LogP contribution is -2.07. The molecular formula is C17H16N2O2. The van der Waals surface area contributed by atoms with Crippen LogP contribution in [0.25, 0.3) is 22.2 Å². The van der Waals surface area contributed by atoms with Crippen LogP contribution in [0.2, 0.25) is 0 Å². The summed E-state index contributed by atoms with van der Waals surface area (Å²) in [6.45, 7) is 2.15. The van der Waals surface area contributed by atoms with E-state index in [0.29, 0.717) is 17.9 Å². The second-order valence-electron chi connectivity index (χ2n) is 4.82. The topological polar surface area (TPSA) is 44.1 Å². The minimum atomic E-state index is -0.339. The second-order valence-corrected chi connectivity index (χ2v) is 4.82. The van der Waals surface area contributed by atoms with Crippen LogP contribution in [0.15, 0.2) is 48.8 Å². The van der Waals surface area contributed by atoms with Crippen molar-refractivity contribution in [2.75, 3.05) is 6.61 Å². The molecule has 0 atom stereocenters. The Labute approximate surface area is 123 Å². The maximum atomic E-state index is 12.0. The van der Waals surface area contributed by atoms with E-state index in [0.717, 1.165) is 16.5 Å². The first-order valence-corrected chi connectivity index (χ1v) is 6.88. The number of hydrogen-bond donors (Lipinski definition) is 0. The molecule has 0 aliphatic heterocycles. The number of rotatable bonds is 3. The average molecular weight is 280 g/mol. The smallest absolute Gasteiger partial charge is 0.340 e. The first-order valence-electron chi connectivity index (χ1n) is 6.88. The van der Waals surface area contributed by atoms with Crippen LogP contribution < -0.4 is 0 Å². The molecule has 3 rings (SSSR count). The van der Waals surface area contributed by atoms with Crippen LogP contribution in [0, 0.1) is 0 Å². The van der Waals surface area contributed by atoms with Gasteiger partial charge in [-0.2, -0.15) is 0 Å². The number of carbonyl (C=O) groups is 1. The van der Waals surface area contributed by atoms with Crippen LogP contribution in [0.4, 0.5) is 0 Å². The molecule has 0 bridgehead atoms.